The maximum atomic E-state index is 13.2. The average molecular weight is 479 g/mol. The fourth-order valence-corrected chi connectivity index (χ4v) is 3.59. The highest BCUT2D eigenvalue weighted by Crippen LogP contribution is 2.36. The number of aryl methyl sites for hydroxylation is 1. The highest BCUT2D eigenvalue weighted by Gasteiger charge is 2.38. The fourth-order valence-electron chi connectivity index (χ4n) is 2.57. The summed E-state index contributed by atoms with van der Waals surface area (Å²) in [4.78, 5) is 19.8. The Morgan fingerprint density at radius 1 is 1.20 bits per heavy atom. The molecule has 0 aliphatic heterocycles. The Bertz CT molecular complexity index is 796. The van der Waals surface area contributed by atoms with Crippen LogP contribution in [0.25, 0.3) is 0 Å². The molecule has 25 heavy (non-hydrogen) atoms. The number of anilines is 1. The third-order valence-electron chi connectivity index (χ3n) is 3.64. The molecule has 1 N–H and O–H groups in total. The van der Waals surface area contributed by atoms with Crippen molar-refractivity contribution in [2.75, 3.05) is 11.1 Å². The summed E-state index contributed by atoms with van der Waals surface area (Å²) < 4.78 is 40.5. The first-order valence-corrected chi connectivity index (χ1v) is 9.54. The number of benzene rings is 1. The van der Waals surface area contributed by atoms with Crippen LogP contribution in [0.15, 0.2) is 29.4 Å². The molecule has 0 saturated heterocycles. The van der Waals surface area contributed by atoms with E-state index in [1.165, 1.54) is 0 Å². The quantitative estimate of drug-likeness (QED) is 0.404. The normalized spacial score (nSPS) is 13.6. The smallest absolute Gasteiger partial charge is 0.325 e. The van der Waals surface area contributed by atoms with Gasteiger partial charge in [0.05, 0.1) is 5.75 Å². The standard InChI is InChI=1S/C16H13F3IN3OS/c17-16(18,19)14-11-2-1-3-12(11)22-15(23-14)25-8-13(24)21-10-6-4-9(20)5-7-10/h4-7H,1-3,8H2,(H,21,24). The summed E-state index contributed by atoms with van der Waals surface area (Å²) in [5.41, 5.74) is 0.412. The van der Waals surface area contributed by atoms with Crippen LogP contribution in [-0.4, -0.2) is 21.6 Å². The number of halogens is 4. The van der Waals surface area contributed by atoms with Gasteiger partial charge in [-0.15, -0.1) is 0 Å². The zero-order valence-electron chi connectivity index (χ0n) is 12.9. The van der Waals surface area contributed by atoms with Gasteiger partial charge in [-0.3, -0.25) is 4.79 Å². The van der Waals surface area contributed by atoms with E-state index in [2.05, 4.69) is 37.9 Å². The van der Waals surface area contributed by atoms with Crippen molar-refractivity contribution in [2.45, 2.75) is 30.6 Å². The lowest BCUT2D eigenvalue weighted by Gasteiger charge is -2.12. The summed E-state index contributed by atoms with van der Waals surface area (Å²) in [6.45, 7) is 0. The Morgan fingerprint density at radius 2 is 1.92 bits per heavy atom. The average Bonchev–Trinajstić information content (AvgIpc) is 3.01. The Balaban J connectivity index is 1.69. The van der Waals surface area contributed by atoms with E-state index < -0.39 is 11.9 Å². The van der Waals surface area contributed by atoms with Crippen LogP contribution in [-0.2, 0) is 23.8 Å². The number of aromatic nitrogens is 2. The third kappa shape index (κ3) is 4.63. The first-order chi connectivity index (χ1) is 11.8. The first kappa shape index (κ1) is 18.4. The molecule has 0 bridgehead atoms. The van der Waals surface area contributed by atoms with Gasteiger partial charge in [0.1, 0.15) is 0 Å². The van der Waals surface area contributed by atoms with E-state index in [9.17, 15) is 18.0 Å². The van der Waals surface area contributed by atoms with Gasteiger partial charge >= 0.3 is 6.18 Å². The Hall–Kier alpha value is -1.36. The Morgan fingerprint density at radius 3 is 2.60 bits per heavy atom. The van der Waals surface area contributed by atoms with Gasteiger partial charge in [0.2, 0.25) is 5.91 Å². The lowest BCUT2D eigenvalue weighted by Crippen LogP contribution is -2.16. The summed E-state index contributed by atoms with van der Waals surface area (Å²) in [6, 6.07) is 7.22. The van der Waals surface area contributed by atoms with Crippen LogP contribution >= 0.6 is 34.4 Å². The van der Waals surface area contributed by atoms with Gasteiger partial charge in [-0.25, -0.2) is 9.97 Å². The van der Waals surface area contributed by atoms with Crippen molar-refractivity contribution >= 4 is 45.9 Å². The van der Waals surface area contributed by atoms with E-state index in [-0.39, 0.29) is 22.4 Å². The molecule has 1 aliphatic carbocycles. The Kier molecular flexibility index (Phi) is 5.52. The minimum absolute atomic E-state index is 0.00858. The van der Waals surface area contributed by atoms with Gasteiger partial charge in [-0.05, 0) is 66.1 Å². The van der Waals surface area contributed by atoms with E-state index in [1.54, 1.807) is 12.1 Å². The molecule has 1 heterocycles. The lowest BCUT2D eigenvalue weighted by molar-refractivity contribution is -0.142. The summed E-state index contributed by atoms with van der Waals surface area (Å²) in [6.07, 6.45) is -2.99. The van der Waals surface area contributed by atoms with E-state index in [0.717, 1.165) is 15.3 Å². The van der Waals surface area contributed by atoms with Crippen LogP contribution in [0, 0.1) is 3.57 Å². The molecule has 0 spiro atoms. The lowest BCUT2D eigenvalue weighted by atomic mass is 10.2. The van der Waals surface area contributed by atoms with Crippen molar-refractivity contribution in [1.82, 2.24) is 9.97 Å². The molecule has 2 aromatic rings. The van der Waals surface area contributed by atoms with Gasteiger partial charge in [-0.1, -0.05) is 11.8 Å². The SMILES string of the molecule is O=C(CSc1nc2c(c(C(F)(F)F)n1)CCC2)Nc1ccc(I)cc1. The molecule has 0 unspecified atom stereocenters. The molecular formula is C16H13F3IN3OS. The molecule has 4 nitrogen and oxygen atoms in total. The Labute approximate surface area is 160 Å². The number of hydrogen-bond acceptors (Lipinski definition) is 4. The minimum Gasteiger partial charge on any atom is -0.325 e. The molecular weight excluding hydrogens is 466 g/mol. The second-order valence-corrected chi connectivity index (χ2v) is 7.66. The number of carbonyl (C=O) groups is 1. The molecule has 0 saturated carbocycles. The van der Waals surface area contributed by atoms with Crippen molar-refractivity contribution in [3.63, 3.8) is 0 Å². The molecule has 1 aromatic heterocycles. The number of rotatable bonds is 4. The van der Waals surface area contributed by atoms with Gasteiger partial charge in [0, 0.05) is 20.5 Å². The van der Waals surface area contributed by atoms with Crippen LogP contribution in [0.5, 0.6) is 0 Å². The number of nitrogens with zero attached hydrogens (tertiary/aromatic N) is 2. The number of carbonyl (C=O) groups excluding carboxylic acids is 1. The predicted octanol–water partition coefficient (Wildman–Crippen LogP) is 4.32. The van der Waals surface area contributed by atoms with Crippen LogP contribution in [0.3, 0.4) is 0 Å². The zero-order valence-corrected chi connectivity index (χ0v) is 15.8. The van der Waals surface area contributed by atoms with E-state index in [1.807, 2.05) is 12.1 Å². The van der Waals surface area contributed by atoms with Gasteiger partial charge in [-0.2, -0.15) is 13.2 Å². The molecule has 0 fully saturated rings. The molecule has 1 aromatic carbocycles. The maximum absolute atomic E-state index is 13.2. The molecule has 0 radical (unpaired) electrons. The van der Waals surface area contributed by atoms with Crippen LogP contribution in [0.1, 0.15) is 23.4 Å². The number of fused-ring (bicyclic) bond motifs is 1. The monoisotopic (exact) mass is 479 g/mol. The van der Waals surface area contributed by atoms with Crippen LogP contribution in [0.4, 0.5) is 18.9 Å². The number of alkyl halides is 3. The van der Waals surface area contributed by atoms with Crippen molar-refractivity contribution < 1.29 is 18.0 Å². The topological polar surface area (TPSA) is 54.9 Å². The summed E-state index contributed by atoms with van der Waals surface area (Å²) in [5.74, 6) is -0.369. The van der Waals surface area contributed by atoms with Crippen LogP contribution in [0.2, 0.25) is 0 Å². The van der Waals surface area contributed by atoms with Gasteiger partial charge in [0.25, 0.3) is 0 Å². The summed E-state index contributed by atoms with van der Waals surface area (Å²) in [7, 11) is 0. The van der Waals surface area contributed by atoms with Crippen molar-refractivity contribution in [3.8, 4) is 0 Å². The third-order valence-corrected chi connectivity index (χ3v) is 5.21. The largest absolute Gasteiger partial charge is 0.433 e. The van der Waals surface area contributed by atoms with Crippen LogP contribution < -0.4 is 5.32 Å². The van der Waals surface area contributed by atoms with Crippen molar-refractivity contribution in [1.29, 1.82) is 0 Å². The number of hydrogen-bond donors (Lipinski definition) is 1. The molecule has 9 heteroatoms. The van der Waals surface area contributed by atoms with Crippen molar-refractivity contribution in [2.24, 2.45) is 0 Å². The number of amides is 1. The van der Waals surface area contributed by atoms with Crippen molar-refractivity contribution in [3.05, 3.63) is 44.8 Å². The molecule has 132 valence electrons. The highest BCUT2D eigenvalue weighted by atomic mass is 127. The van der Waals surface area contributed by atoms with E-state index >= 15 is 0 Å². The fraction of sp³-hybridized carbons (Fsp3) is 0.312. The second-order valence-electron chi connectivity index (χ2n) is 5.48. The predicted molar refractivity (Wildman–Crippen MR) is 97.6 cm³/mol. The zero-order chi connectivity index (χ0) is 18.0. The molecule has 3 rings (SSSR count). The van der Waals surface area contributed by atoms with E-state index in [0.29, 0.717) is 30.6 Å². The molecule has 1 aliphatic rings. The number of thioether (sulfide) groups is 1. The molecule has 0 atom stereocenters. The molecule has 1 amide bonds. The minimum atomic E-state index is -4.50. The summed E-state index contributed by atoms with van der Waals surface area (Å²) >= 11 is 3.06. The summed E-state index contributed by atoms with van der Waals surface area (Å²) in [5, 5.41) is 2.69. The van der Waals surface area contributed by atoms with Gasteiger partial charge < -0.3 is 5.32 Å². The second kappa shape index (κ2) is 7.48. The highest BCUT2D eigenvalue weighted by molar-refractivity contribution is 14.1. The number of nitrogens with one attached hydrogen (secondary N) is 1. The van der Waals surface area contributed by atoms with Gasteiger partial charge in [0.15, 0.2) is 10.9 Å². The first-order valence-electron chi connectivity index (χ1n) is 7.48. The maximum Gasteiger partial charge on any atom is 0.433 e. The van der Waals surface area contributed by atoms with E-state index in [4.69, 9.17) is 0 Å².